The van der Waals surface area contributed by atoms with Crippen LogP contribution in [-0.4, -0.2) is 34.2 Å². The molecule has 7 nitrogen and oxygen atoms in total. The van der Waals surface area contributed by atoms with Crippen molar-refractivity contribution in [3.05, 3.63) is 60.8 Å². The molecule has 1 N–H and O–H groups in total. The third-order valence-corrected chi connectivity index (χ3v) is 5.87. The van der Waals surface area contributed by atoms with Gasteiger partial charge < -0.3 is 10.1 Å². The van der Waals surface area contributed by atoms with Gasteiger partial charge in [0.1, 0.15) is 18.0 Å². The van der Waals surface area contributed by atoms with E-state index in [9.17, 15) is 14.4 Å². The number of likely N-dealkylation sites (tertiary alicyclic amines) is 1. The number of carbonyl (C=O) groups is 3. The number of pyridine rings is 1. The number of nitrogens with zero attached hydrogens (tertiary/aromatic N) is 2. The molecule has 0 unspecified atom stereocenters. The number of anilines is 1. The second kappa shape index (κ2) is 6.84. The number of carbonyl (C=O) groups excluding carboxylic acids is 3. The van der Waals surface area contributed by atoms with Crippen LogP contribution >= 0.6 is 0 Å². The van der Waals surface area contributed by atoms with Gasteiger partial charge in [0.15, 0.2) is 0 Å². The summed E-state index contributed by atoms with van der Waals surface area (Å²) < 4.78 is 5.74. The van der Waals surface area contributed by atoms with Gasteiger partial charge in [0.2, 0.25) is 23.6 Å². The number of hydrogen-bond acceptors (Lipinski definition) is 5. The van der Waals surface area contributed by atoms with Gasteiger partial charge >= 0.3 is 0 Å². The predicted molar refractivity (Wildman–Crippen MR) is 104 cm³/mol. The Morgan fingerprint density at radius 3 is 2.41 bits per heavy atom. The molecule has 5 rings (SSSR count). The van der Waals surface area contributed by atoms with E-state index >= 15 is 0 Å². The van der Waals surface area contributed by atoms with E-state index in [0.29, 0.717) is 11.4 Å². The first kappa shape index (κ1) is 17.6. The minimum absolute atomic E-state index is 0.124. The van der Waals surface area contributed by atoms with Crippen LogP contribution in [0, 0.1) is 23.7 Å². The smallest absolute Gasteiger partial charge is 0.244 e. The summed E-state index contributed by atoms with van der Waals surface area (Å²) in [7, 11) is 0. The third kappa shape index (κ3) is 2.99. The topological polar surface area (TPSA) is 88.6 Å². The molecule has 7 heteroatoms. The van der Waals surface area contributed by atoms with E-state index in [1.54, 1.807) is 30.5 Å². The number of ether oxygens (including phenoxy) is 1. The van der Waals surface area contributed by atoms with Crippen LogP contribution in [0.4, 0.5) is 5.69 Å². The number of imide groups is 1. The quantitative estimate of drug-likeness (QED) is 0.627. The maximum absolute atomic E-state index is 12.7. The van der Waals surface area contributed by atoms with E-state index in [2.05, 4.69) is 10.3 Å². The first-order valence-electron chi connectivity index (χ1n) is 9.63. The lowest BCUT2D eigenvalue weighted by molar-refractivity contribution is -0.143. The molecule has 1 aliphatic heterocycles. The van der Waals surface area contributed by atoms with Crippen molar-refractivity contribution < 1.29 is 19.1 Å². The van der Waals surface area contributed by atoms with Gasteiger partial charge in [0, 0.05) is 6.20 Å². The highest BCUT2D eigenvalue weighted by Crippen LogP contribution is 2.52. The molecule has 1 saturated heterocycles. The lowest BCUT2D eigenvalue weighted by Gasteiger charge is -2.17. The van der Waals surface area contributed by atoms with Crippen molar-refractivity contribution >= 4 is 23.4 Å². The first-order chi connectivity index (χ1) is 14.1. The maximum Gasteiger partial charge on any atom is 0.244 e. The molecule has 2 bridgehead atoms. The number of nitrogens with one attached hydrogen (secondary N) is 1. The minimum atomic E-state index is -0.460. The van der Waals surface area contributed by atoms with Gasteiger partial charge in [0.25, 0.3) is 0 Å². The highest BCUT2D eigenvalue weighted by Gasteiger charge is 2.59. The molecule has 146 valence electrons. The summed E-state index contributed by atoms with van der Waals surface area (Å²) in [6, 6.07) is 12.4. The maximum atomic E-state index is 12.7. The van der Waals surface area contributed by atoms with Gasteiger partial charge in [0.05, 0.1) is 11.8 Å². The molecule has 0 spiro atoms. The fourth-order valence-electron chi connectivity index (χ4n) is 4.62. The van der Waals surface area contributed by atoms with Crippen molar-refractivity contribution in [1.82, 2.24) is 9.88 Å². The molecule has 1 aromatic heterocycles. The minimum Gasteiger partial charge on any atom is -0.437 e. The Morgan fingerprint density at radius 1 is 1.03 bits per heavy atom. The molecular weight excluding hydrogens is 370 g/mol. The summed E-state index contributed by atoms with van der Waals surface area (Å²) >= 11 is 0. The third-order valence-electron chi connectivity index (χ3n) is 5.87. The Hall–Kier alpha value is -3.48. The Balaban J connectivity index is 1.29. The van der Waals surface area contributed by atoms with Crippen molar-refractivity contribution in [2.45, 2.75) is 6.42 Å². The highest BCUT2D eigenvalue weighted by molar-refractivity contribution is 6.09. The second-order valence-corrected chi connectivity index (χ2v) is 7.58. The van der Waals surface area contributed by atoms with E-state index in [0.717, 1.165) is 11.3 Å². The van der Waals surface area contributed by atoms with Crippen molar-refractivity contribution in [1.29, 1.82) is 0 Å². The van der Waals surface area contributed by atoms with Gasteiger partial charge in [-0.15, -0.1) is 0 Å². The Bertz CT molecular complexity index is 990. The first-order valence-corrected chi connectivity index (χ1v) is 9.63. The molecule has 1 aromatic carbocycles. The van der Waals surface area contributed by atoms with Crippen LogP contribution in [0.1, 0.15) is 6.42 Å². The predicted octanol–water partition coefficient (Wildman–Crippen LogP) is 2.62. The summed E-state index contributed by atoms with van der Waals surface area (Å²) in [6.07, 6.45) is 6.49. The summed E-state index contributed by atoms with van der Waals surface area (Å²) in [5, 5.41) is 2.71. The normalized spacial score (nSPS) is 26.7. The summed E-state index contributed by atoms with van der Waals surface area (Å²) in [5.41, 5.74) is 0.377. The second-order valence-electron chi connectivity index (χ2n) is 7.58. The molecule has 3 amide bonds. The standard InChI is InChI=1S/C22H19N3O4/c26-17(12-25-21(27)18-13-8-9-14(11-13)19(18)22(25)28)24-16-7-4-10-23-20(16)29-15-5-2-1-3-6-15/h1-10,13-14,18-19H,11-12H2,(H,24,26)/t13-,14-,18-,19-/m0/s1. The fraction of sp³-hybridized carbons (Fsp3) is 0.273. The van der Waals surface area contributed by atoms with E-state index in [-0.39, 0.29) is 47.9 Å². The van der Waals surface area contributed by atoms with Gasteiger partial charge in [-0.05, 0) is 42.5 Å². The van der Waals surface area contributed by atoms with Gasteiger partial charge in [-0.25, -0.2) is 4.98 Å². The van der Waals surface area contributed by atoms with E-state index < -0.39 is 5.91 Å². The molecule has 2 fully saturated rings. The summed E-state index contributed by atoms with van der Waals surface area (Å²) in [4.78, 5) is 43.4. The van der Waals surface area contributed by atoms with Crippen molar-refractivity contribution in [3.63, 3.8) is 0 Å². The monoisotopic (exact) mass is 389 g/mol. The van der Waals surface area contributed by atoms with Crippen LogP contribution in [0.3, 0.4) is 0 Å². The SMILES string of the molecule is O=C(CN1C(=O)[C@@H]2[C@@H](C1=O)[C@H]1C=C[C@H]2C1)Nc1cccnc1Oc1ccccc1. The molecule has 29 heavy (non-hydrogen) atoms. The van der Waals surface area contributed by atoms with Crippen LogP contribution in [-0.2, 0) is 14.4 Å². The molecule has 2 aromatic rings. The molecule has 3 aliphatic rings. The fourth-order valence-corrected chi connectivity index (χ4v) is 4.62. The van der Waals surface area contributed by atoms with E-state index in [1.165, 1.54) is 0 Å². The van der Waals surface area contributed by atoms with E-state index in [1.807, 2.05) is 30.4 Å². The van der Waals surface area contributed by atoms with E-state index in [4.69, 9.17) is 4.74 Å². The lowest BCUT2D eigenvalue weighted by atomic mass is 9.85. The van der Waals surface area contributed by atoms with Crippen LogP contribution in [0.25, 0.3) is 0 Å². The molecule has 2 aliphatic carbocycles. The zero-order valence-corrected chi connectivity index (χ0v) is 15.5. The van der Waals surface area contributed by atoms with Crippen molar-refractivity contribution in [2.24, 2.45) is 23.7 Å². The number of rotatable bonds is 5. The van der Waals surface area contributed by atoms with Gasteiger partial charge in [-0.3, -0.25) is 19.3 Å². The number of para-hydroxylation sites is 1. The summed E-state index contributed by atoms with van der Waals surface area (Å²) in [6.45, 7) is -0.302. The largest absolute Gasteiger partial charge is 0.437 e. The number of benzene rings is 1. The highest BCUT2D eigenvalue weighted by atomic mass is 16.5. The molecule has 1 saturated carbocycles. The number of fused-ring (bicyclic) bond motifs is 5. The Morgan fingerprint density at radius 2 is 1.72 bits per heavy atom. The van der Waals surface area contributed by atoms with Gasteiger partial charge in [-0.2, -0.15) is 0 Å². The van der Waals surface area contributed by atoms with Crippen molar-refractivity contribution in [2.75, 3.05) is 11.9 Å². The molecule has 2 heterocycles. The lowest BCUT2D eigenvalue weighted by Crippen LogP contribution is -2.39. The average molecular weight is 389 g/mol. The molecular formula is C22H19N3O4. The number of allylic oxidation sites excluding steroid dienone is 2. The Labute approximate surface area is 167 Å². The molecule has 4 atom stereocenters. The van der Waals surface area contributed by atoms with Crippen LogP contribution in [0.2, 0.25) is 0 Å². The van der Waals surface area contributed by atoms with Crippen LogP contribution in [0.15, 0.2) is 60.8 Å². The van der Waals surface area contributed by atoms with Crippen LogP contribution in [0.5, 0.6) is 11.6 Å². The zero-order valence-electron chi connectivity index (χ0n) is 15.5. The summed E-state index contributed by atoms with van der Waals surface area (Å²) in [5.74, 6) is -0.470. The average Bonchev–Trinajstić information content (AvgIpc) is 3.40. The number of aromatic nitrogens is 1. The molecule has 0 radical (unpaired) electrons. The van der Waals surface area contributed by atoms with Gasteiger partial charge in [-0.1, -0.05) is 30.4 Å². The van der Waals surface area contributed by atoms with Crippen LogP contribution < -0.4 is 10.1 Å². The zero-order chi connectivity index (χ0) is 20.0. The Kier molecular flexibility index (Phi) is 4.16. The number of hydrogen-bond donors (Lipinski definition) is 1. The number of amides is 3. The van der Waals surface area contributed by atoms with Crippen molar-refractivity contribution in [3.8, 4) is 11.6 Å².